The van der Waals surface area contributed by atoms with Gasteiger partial charge >= 0.3 is 5.97 Å². The van der Waals surface area contributed by atoms with E-state index in [0.29, 0.717) is 5.56 Å². The van der Waals surface area contributed by atoms with Crippen molar-refractivity contribution in [3.8, 4) is 0 Å². The molecule has 0 spiro atoms. The van der Waals surface area contributed by atoms with Gasteiger partial charge in [0.15, 0.2) is 11.7 Å². The molecule has 120 valence electrons. The smallest absolute Gasteiger partial charge is 0.343 e. The zero-order valence-electron chi connectivity index (χ0n) is 13.3. The number of likely N-dealkylation sites (tertiary alicyclic amines) is 1. The first-order valence-electron chi connectivity index (χ1n) is 8.41. The maximum atomic E-state index is 12.8. The monoisotopic (exact) mass is 304 g/mol. The summed E-state index contributed by atoms with van der Waals surface area (Å²) in [5.41, 5.74) is -0.820. The molecule has 1 saturated carbocycles. The Bertz CT molecular complexity index is 512. The molecule has 3 atom stereocenters. The first-order valence-corrected chi connectivity index (χ1v) is 8.41. The summed E-state index contributed by atoms with van der Waals surface area (Å²) < 4.78 is 5.70. The van der Waals surface area contributed by atoms with Crippen LogP contribution < -0.4 is 4.90 Å². The molecule has 4 heteroatoms. The highest BCUT2D eigenvalue weighted by atomic mass is 16.6. The van der Waals surface area contributed by atoms with Gasteiger partial charge < -0.3 is 14.7 Å². The number of benzene rings is 1. The topological polar surface area (TPSA) is 51.0 Å². The summed E-state index contributed by atoms with van der Waals surface area (Å²) >= 11 is 0. The van der Waals surface area contributed by atoms with E-state index < -0.39 is 11.6 Å². The molecule has 3 rings (SSSR count). The van der Waals surface area contributed by atoms with Crippen molar-refractivity contribution in [1.82, 2.24) is 0 Å². The van der Waals surface area contributed by atoms with Crippen LogP contribution in [0.25, 0.3) is 0 Å². The number of rotatable bonds is 4. The fourth-order valence-corrected chi connectivity index (χ4v) is 3.90. The highest BCUT2D eigenvalue weighted by molar-refractivity contribution is 5.81. The van der Waals surface area contributed by atoms with Crippen LogP contribution in [-0.2, 0) is 15.1 Å². The van der Waals surface area contributed by atoms with Crippen LogP contribution in [0.4, 0.5) is 0 Å². The third-order valence-electron chi connectivity index (χ3n) is 5.21. The number of nitrogens with one attached hydrogen (secondary N) is 1. The van der Waals surface area contributed by atoms with Gasteiger partial charge in [0, 0.05) is 12.3 Å². The predicted molar refractivity (Wildman–Crippen MR) is 83.4 cm³/mol. The normalized spacial score (nSPS) is 28.5. The third kappa shape index (κ3) is 2.90. The van der Waals surface area contributed by atoms with Crippen LogP contribution in [0.1, 0.15) is 37.7 Å². The molecule has 0 aromatic heterocycles. The van der Waals surface area contributed by atoms with Crippen molar-refractivity contribution >= 4 is 5.97 Å². The molecule has 1 aromatic rings. The first-order chi connectivity index (χ1) is 10.6. The molecule has 0 bridgehead atoms. The van der Waals surface area contributed by atoms with Crippen molar-refractivity contribution in [3.63, 3.8) is 0 Å². The standard InChI is InChI=1S/C18H25NO3/c1-19-12-11-16(13-19)22-17(20)18(21,15-9-5-6-10-15)14-7-3-2-4-8-14/h2-4,7-8,15-16,21H,5-6,9-13H2,1H3/p+1. The molecule has 1 aromatic carbocycles. The number of hydrogen-bond donors (Lipinski definition) is 2. The number of esters is 1. The fourth-order valence-electron chi connectivity index (χ4n) is 3.90. The van der Waals surface area contributed by atoms with Crippen molar-refractivity contribution < 1.29 is 19.5 Å². The Balaban J connectivity index is 1.83. The molecule has 2 aliphatic rings. The molecule has 4 nitrogen and oxygen atoms in total. The van der Waals surface area contributed by atoms with E-state index in [9.17, 15) is 9.90 Å². The lowest BCUT2D eigenvalue weighted by Gasteiger charge is -2.33. The van der Waals surface area contributed by atoms with Crippen molar-refractivity contribution in [2.24, 2.45) is 5.92 Å². The van der Waals surface area contributed by atoms with E-state index in [1.54, 1.807) is 0 Å². The van der Waals surface area contributed by atoms with Crippen LogP contribution in [-0.4, -0.2) is 37.3 Å². The summed E-state index contributed by atoms with van der Waals surface area (Å²) in [5.74, 6) is -0.487. The van der Waals surface area contributed by atoms with Crippen LogP contribution in [0.5, 0.6) is 0 Å². The lowest BCUT2D eigenvalue weighted by Crippen LogP contribution is -3.07. The largest absolute Gasteiger partial charge is 0.454 e. The molecule has 2 fully saturated rings. The summed E-state index contributed by atoms with van der Waals surface area (Å²) in [6.45, 7) is 1.85. The number of carbonyl (C=O) groups excluding carboxylic acids is 1. The van der Waals surface area contributed by atoms with Gasteiger partial charge in [0.2, 0.25) is 0 Å². The van der Waals surface area contributed by atoms with E-state index in [1.165, 1.54) is 4.90 Å². The Hall–Kier alpha value is -1.39. The minimum absolute atomic E-state index is 0.0334. The molecular weight excluding hydrogens is 278 g/mol. The molecular formula is C18H26NO3+. The van der Waals surface area contributed by atoms with Gasteiger partial charge in [-0.2, -0.15) is 0 Å². The maximum Gasteiger partial charge on any atom is 0.343 e. The van der Waals surface area contributed by atoms with E-state index in [-0.39, 0.29) is 12.0 Å². The van der Waals surface area contributed by atoms with E-state index in [1.807, 2.05) is 30.3 Å². The Morgan fingerprint density at radius 2 is 1.91 bits per heavy atom. The minimum Gasteiger partial charge on any atom is -0.454 e. The van der Waals surface area contributed by atoms with Crippen molar-refractivity contribution in [3.05, 3.63) is 35.9 Å². The number of carbonyl (C=O) groups is 1. The Morgan fingerprint density at radius 3 is 2.50 bits per heavy atom. The quantitative estimate of drug-likeness (QED) is 0.813. The van der Waals surface area contributed by atoms with Gasteiger partial charge in [-0.15, -0.1) is 0 Å². The second-order valence-electron chi connectivity index (χ2n) is 6.84. The van der Waals surface area contributed by atoms with E-state index in [4.69, 9.17) is 4.74 Å². The van der Waals surface area contributed by atoms with Gasteiger partial charge in [-0.05, 0) is 18.4 Å². The van der Waals surface area contributed by atoms with Gasteiger partial charge in [0.1, 0.15) is 6.54 Å². The van der Waals surface area contributed by atoms with Crippen LogP contribution in [0.3, 0.4) is 0 Å². The summed E-state index contributed by atoms with van der Waals surface area (Å²) in [6.07, 6.45) is 4.73. The van der Waals surface area contributed by atoms with Crippen molar-refractivity contribution in [2.75, 3.05) is 20.1 Å². The molecule has 1 saturated heterocycles. The molecule has 1 aliphatic carbocycles. The lowest BCUT2D eigenvalue weighted by atomic mass is 9.80. The summed E-state index contributed by atoms with van der Waals surface area (Å²) in [4.78, 5) is 14.2. The zero-order valence-corrected chi connectivity index (χ0v) is 13.3. The summed E-state index contributed by atoms with van der Waals surface area (Å²) in [5, 5.41) is 11.3. The number of ether oxygens (including phenoxy) is 1. The molecule has 0 amide bonds. The van der Waals surface area contributed by atoms with Crippen molar-refractivity contribution in [2.45, 2.75) is 43.8 Å². The zero-order chi connectivity index (χ0) is 15.6. The first kappa shape index (κ1) is 15.5. The van der Waals surface area contributed by atoms with Gasteiger partial charge in [-0.1, -0.05) is 43.2 Å². The third-order valence-corrected chi connectivity index (χ3v) is 5.21. The Kier molecular flexibility index (Phi) is 4.50. The molecule has 0 radical (unpaired) electrons. The molecule has 1 aliphatic heterocycles. The summed E-state index contributed by atoms with van der Waals surface area (Å²) in [6, 6.07) is 9.32. The SMILES string of the molecule is C[NH+]1CCC(OC(=O)C(O)(c2ccccc2)C2CCCC2)C1. The second kappa shape index (κ2) is 6.39. The Morgan fingerprint density at radius 1 is 1.23 bits per heavy atom. The van der Waals surface area contributed by atoms with Gasteiger partial charge in [-0.25, -0.2) is 4.79 Å². The molecule has 22 heavy (non-hydrogen) atoms. The Labute approximate surface area is 132 Å². The van der Waals surface area contributed by atoms with Crippen LogP contribution in [0.15, 0.2) is 30.3 Å². The van der Waals surface area contributed by atoms with E-state index in [2.05, 4.69) is 7.05 Å². The van der Waals surface area contributed by atoms with Crippen LogP contribution >= 0.6 is 0 Å². The maximum absolute atomic E-state index is 12.8. The average molecular weight is 304 g/mol. The number of quaternary nitrogens is 1. The number of aliphatic hydroxyl groups is 1. The number of hydrogen-bond acceptors (Lipinski definition) is 3. The number of likely N-dealkylation sites (N-methyl/N-ethyl adjacent to an activating group) is 1. The second-order valence-corrected chi connectivity index (χ2v) is 6.84. The minimum atomic E-state index is -1.49. The summed E-state index contributed by atoms with van der Waals surface area (Å²) in [7, 11) is 2.11. The molecule has 3 unspecified atom stereocenters. The highest BCUT2D eigenvalue weighted by Crippen LogP contribution is 2.41. The van der Waals surface area contributed by atoms with Crippen LogP contribution in [0, 0.1) is 5.92 Å². The van der Waals surface area contributed by atoms with Crippen LogP contribution in [0.2, 0.25) is 0 Å². The van der Waals surface area contributed by atoms with Gasteiger partial charge in [0.25, 0.3) is 0 Å². The van der Waals surface area contributed by atoms with Gasteiger partial charge in [0.05, 0.1) is 13.6 Å². The van der Waals surface area contributed by atoms with E-state index >= 15 is 0 Å². The van der Waals surface area contributed by atoms with Gasteiger partial charge in [-0.3, -0.25) is 0 Å². The average Bonchev–Trinajstić information content (AvgIpc) is 3.19. The fraction of sp³-hybridized carbons (Fsp3) is 0.611. The lowest BCUT2D eigenvalue weighted by molar-refractivity contribution is -0.867. The van der Waals surface area contributed by atoms with Crippen molar-refractivity contribution in [1.29, 1.82) is 0 Å². The predicted octanol–water partition coefficient (Wildman–Crippen LogP) is 0.895. The molecule has 2 N–H and O–H groups in total. The molecule has 1 heterocycles. The highest BCUT2D eigenvalue weighted by Gasteiger charge is 2.48. The van der Waals surface area contributed by atoms with E-state index in [0.717, 1.165) is 45.2 Å².